The number of carbonyl (C=O) groups is 1. The fourth-order valence-corrected chi connectivity index (χ4v) is 0.808. The molecule has 0 saturated carbocycles. The van der Waals surface area contributed by atoms with Crippen LogP contribution in [0.4, 0.5) is 0 Å². The van der Waals surface area contributed by atoms with Gasteiger partial charge in [-0.1, -0.05) is 19.9 Å². The Morgan fingerprint density at radius 2 is 2.21 bits per heavy atom. The highest BCUT2D eigenvalue weighted by Gasteiger charge is 2.01. The van der Waals surface area contributed by atoms with Gasteiger partial charge in [-0.25, -0.2) is 4.79 Å². The van der Waals surface area contributed by atoms with E-state index in [9.17, 15) is 4.79 Å². The second-order valence-corrected chi connectivity index (χ2v) is 3.05. The van der Waals surface area contributed by atoms with E-state index in [1.54, 1.807) is 0 Å². The van der Waals surface area contributed by atoms with Gasteiger partial charge in [0, 0.05) is 25.3 Å². The molecule has 4 nitrogen and oxygen atoms in total. The number of nitrogens with one attached hydrogen (secondary N) is 1. The Bertz CT molecular complexity index is 180. The van der Waals surface area contributed by atoms with Gasteiger partial charge in [0.2, 0.25) is 0 Å². The maximum Gasteiger partial charge on any atom is 0.332 e. The molecule has 0 aliphatic rings. The summed E-state index contributed by atoms with van der Waals surface area (Å²) >= 11 is 0. The van der Waals surface area contributed by atoms with E-state index in [0.717, 1.165) is 19.4 Å². The Balaban J connectivity index is 3.13. The monoisotopic (exact) mass is 201 g/mol. The van der Waals surface area contributed by atoms with Crippen molar-refractivity contribution in [3.05, 3.63) is 12.2 Å². The third kappa shape index (κ3) is 7.76. The number of hydrogen-bond acceptors (Lipinski definition) is 3. The quantitative estimate of drug-likeness (QED) is 0.432. The van der Waals surface area contributed by atoms with Gasteiger partial charge in [-0.2, -0.15) is 0 Å². The van der Waals surface area contributed by atoms with Crippen LogP contribution in [-0.2, 0) is 9.53 Å². The number of rotatable bonds is 9. The molecule has 0 radical (unpaired) electrons. The summed E-state index contributed by atoms with van der Waals surface area (Å²) in [4.78, 5) is 10.3. The summed E-state index contributed by atoms with van der Waals surface area (Å²) < 4.78 is 5.28. The minimum absolute atomic E-state index is 0.179. The number of aliphatic carboxylic acids is 1. The molecule has 0 aliphatic heterocycles. The summed E-state index contributed by atoms with van der Waals surface area (Å²) in [6.07, 6.45) is 2.20. The van der Waals surface area contributed by atoms with Crippen molar-refractivity contribution in [1.29, 1.82) is 0 Å². The maximum absolute atomic E-state index is 10.3. The van der Waals surface area contributed by atoms with Crippen molar-refractivity contribution < 1.29 is 14.6 Å². The number of ether oxygens (including phenoxy) is 1. The minimum atomic E-state index is -0.954. The lowest BCUT2D eigenvalue weighted by atomic mass is 10.3. The lowest BCUT2D eigenvalue weighted by Crippen LogP contribution is -2.24. The fraction of sp³-hybridized carbons (Fsp3) is 0.700. The van der Waals surface area contributed by atoms with Crippen molar-refractivity contribution in [3.8, 4) is 0 Å². The van der Waals surface area contributed by atoms with Crippen molar-refractivity contribution >= 4 is 5.97 Å². The first-order chi connectivity index (χ1) is 6.68. The topological polar surface area (TPSA) is 58.6 Å². The molecule has 0 spiro atoms. The number of hydrogen-bond donors (Lipinski definition) is 2. The first-order valence-electron chi connectivity index (χ1n) is 4.88. The van der Waals surface area contributed by atoms with Gasteiger partial charge >= 0.3 is 5.97 Å². The average molecular weight is 201 g/mol. The molecule has 0 aromatic heterocycles. The first kappa shape index (κ1) is 13.1. The molecule has 0 bridgehead atoms. The van der Waals surface area contributed by atoms with Gasteiger partial charge in [0.05, 0.1) is 6.61 Å². The number of unbranched alkanes of at least 4 members (excludes halogenated alkanes) is 1. The summed E-state index contributed by atoms with van der Waals surface area (Å²) in [7, 11) is 0. The van der Waals surface area contributed by atoms with E-state index in [2.05, 4.69) is 18.8 Å². The third-order valence-corrected chi connectivity index (χ3v) is 1.71. The largest absolute Gasteiger partial charge is 0.478 e. The second kappa shape index (κ2) is 8.72. The molecule has 4 heteroatoms. The molecule has 82 valence electrons. The Hall–Kier alpha value is -0.870. The zero-order chi connectivity index (χ0) is 10.8. The van der Waals surface area contributed by atoms with E-state index in [0.29, 0.717) is 19.7 Å². The lowest BCUT2D eigenvalue weighted by Gasteiger charge is -2.05. The molecule has 0 aliphatic carbocycles. The third-order valence-electron chi connectivity index (χ3n) is 1.71. The summed E-state index contributed by atoms with van der Waals surface area (Å²) in [5, 5.41) is 11.4. The van der Waals surface area contributed by atoms with E-state index in [1.165, 1.54) is 0 Å². The van der Waals surface area contributed by atoms with E-state index in [1.807, 2.05) is 0 Å². The van der Waals surface area contributed by atoms with E-state index in [-0.39, 0.29) is 5.57 Å². The molecule has 0 aromatic rings. The van der Waals surface area contributed by atoms with Crippen molar-refractivity contribution in [3.63, 3.8) is 0 Å². The zero-order valence-electron chi connectivity index (χ0n) is 8.71. The molecule has 0 aromatic carbocycles. The van der Waals surface area contributed by atoms with Crippen LogP contribution in [0.1, 0.15) is 19.8 Å². The van der Waals surface area contributed by atoms with Gasteiger partial charge in [-0.15, -0.1) is 0 Å². The van der Waals surface area contributed by atoms with Crippen LogP contribution < -0.4 is 5.32 Å². The normalized spacial score (nSPS) is 10.1. The van der Waals surface area contributed by atoms with Crippen LogP contribution in [0.25, 0.3) is 0 Å². The molecule has 0 rings (SSSR count). The number of carboxylic acids is 1. The minimum Gasteiger partial charge on any atom is -0.478 e. The highest BCUT2D eigenvalue weighted by Crippen LogP contribution is 1.88. The highest BCUT2D eigenvalue weighted by atomic mass is 16.5. The van der Waals surface area contributed by atoms with E-state index in [4.69, 9.17) is 9.84 Å². The summed E-state index contributed by atoms with van der Waals surface area (Å²) in [5.41, 5.74) is 0.179. The van der Waals surface area contributed by atoms with Crippen LogP contribution in [-0.4, -0.2) is 37.4 Å². The molecule has 0 heterocycles. The second-order valence-electron chi connectivity index (χ2n) is 3.05. The van der Waals surface area contributed by atoms with Gasteiger partial charge in [0.15, 0.2) is 0 Å². The van der Waals surface area contributed by atoms with E-state index < -0.39 is 5.97 Å². The maximum atomic E-state index is 10.3. The van der Waals surface area contributed by atoms with Crippen molar-refractivity contribution in [2.24, 2.45) is 0 Å². The van der Waals surface area contributed by atoms with Gasteiger partial charge in [-0.3, -0.25) is 0 Å². The van der Waals surface area contributed by atoms with E-state index >= 15 is 0 Å². The van der Waals surface area contributed by atoms with Crippen molar-refractivity contribution in [1.82, 2.24) is 5.32 Å². The van der Waals surface area contributed by atoms with Gasteiger partial charge in [0.25, 0.3) is 0 Å². The smallest absolute Gasteiger partial charge is 0.332 e. The Morgan fingerprint density at radius 3 is 2.79 bits per heavy atom. The van der Waals surface area contributed by atoms with Gasteiger partial charge in [-0.05, 0) is 6.42 Å². The number of carboxylic acid groups (broad SMARTS) is 1. The van der Waals surface area contributed by atoms with Crippen molar-refractivity contribution in [2.45, 2.75) is 19.8 Å². The molecule has 0 amide bonds. The average Bonchev–Trinajstić information content (AvgIpc) is 2.16. The molecule has 2 N–H and O–H groups in total. The van der Waals surface area contributed by atoms with Crippen LogP contribution in [0.5, 0.6) is 0 Å². The molecule has 14 heavy (non-hydrogen) atoms. The van der Waals surface area contributed by atoms with Crippen molar-refractivity contribution in [2.75, 3.05) is 26.3 Å². The summed E-state index contributed by atoms with van der Waals surface area (Å²) in [6, 6.07) is 0. The van der Waals surface area contributed by atoms with Crippen LogP contribution in [0.2, 0.25) is 0 Å². The zero-order valence-corrected chi connectivity index (χ0v) is 8.71. The molecule has 0 saturated heterocycles. The molecule has 0 atom stereocenters. The molecular weight excluding hydrogens is 182 g/mol. The Morgan fingerprint density at radius 1 is 1.50 bits per heavy atom. The van der Waals surface area contributed by atoms with Gasteiger partial charge in [0.1, 0.15) is 0 Å². The molecule has 0 fully saturated rings. The van der Waals surface area contributed by atoms with Gasteiger partial charge < -0.3 is 15.2 Å². The predicted molar refractivity (Wildman–Crippen MR) is 55.4 cm³/mol. The van der Waals surface area contributed by atoms with Crippen LogP contribution in [0.15, 0.2) is 12.2 Å². The first-order valence-corrected chi connectivity index (χ1v) is 4.88. The van der Waals surface area contributed by atoms with Crippen LogP contribution >= 0.6 is 0 Å². The molecule has 0 unspecified atom stereocenters. The Kier molecular flexibility index (Phi) is 8.17. The summed E-state index contributed by atoms with van der Waals surface area (Å²) in [5.74, 6) is -0.954. The lowest BCUT2D eigenvalue weighted by molar-refractivity contribution is -0.132. The van der Waals surface area contributed by atoms with Crippen LogP contribution in [0, 0.1) is 0 Å². The van der Waals surface area contributed by atoms with Crippen LogP contribution in [0.3, 0.4) is 0 Å². The standard InChI is InChI=1S/C10H19NO3/c1-3-4-6-14-7-5-11-8-9(2)10(12)13/h11H,2-8H2,1H3,(H,12,13). The SMILES string of the molecule is C=C(CNCCOCCCC)C(=O)O. The predicted octanol–water partition coefficient (Wildman–Crippen LogP) is 1.03. The fourth-order valence-electron chi connectivity index (χ4n) is 0.808. The summed E-state index contributed by atoms with van der Waals surface area (Å²) in [6.45, 7) is 7.88. The Labute approximate surface area is 85.0 Å². The highest BCUT2D eigenvalue weighted by molar-refractivity contribution is 5.86. The molecular formula is C10H19NO3.